The van der Waals surface area contributed by atoms with Gasteiger partial charge in [0, 0.05) is 6.54 Å². The van der Waals surface area contributed by atoms with Crippen LogP contribution in [0.15, 0.2) is 54.6 Å². The number of hydrogen-bond acceptors (Lipinski definition) is 4. The van der Waals surface area contributed by atoms with Gasteiger partial charge in [0.1, 0.15) is 5.54 Å². The molecule has 29 heavy (non-hydrogen) atoms. The van der Waals surface area contributed by atoms with Crippen molar-refractivity contribution in [2.75, 3.05) is 13.6 Å². The molecule has 0 aliphatic carbocycles. The van der Waals surface area contributed by atoms with Crippen molar-refractivity contribution < 1.29 is 14.4 Å². The third-order valence-electron chi connectivity index (χ3n) is 5.08. The van der Waals surface area contributed by atoms with E-state index in [1.165, 1.54) is 5.56 Å². The summed E-state index contributed by atoms with van der Waals surface area (Å²) in [5, 5.41) is 3.43. The monoisotopic (exact) mass is 394 g/mol. The van der Waals surface area contributed by atoms with Gasteiger partial charge in [0.15, 0.2) is 0 Å². The second kappa shape index (κ2) is 8.45. The van der Waals surface area contributed by atoms with E-state index in [0.29, 0.717) is 12.1 Å². The van der Waals surface area contributed by atoms with Crippen LogP contribution >= 0.6 is 0 Å². The van der Waals surface area contributed by atoms with Crippen molar-refractivity contribution in [1.82, 2.24) is 20.7 Å². The lowest BCUT2D eigenvalue weighted by atomic mass is 9.92. The summed E-state index contributed by atoms with van der Waals surface area (Å²) in [6.45, 7) is 4.36. The van der Waals surface area contributed by atoms with Crippen molar-refractivity contribution in [3.05, 3.63) is 71.3 Å². The molecule has 1 heterocycles. The van der Waals surface area contributed by atoms with Crippen LogP contribution in [0.2, 0.25) is 0 Å². The highest BCUT2D eigenvalue weighted by Crippen LogP contribution is 2.27. The van der Waals surface area contributed by atoms with E-state index in [1.54, 1.807) is 31.2 Å². The molecule has 0 radical (unpaired) electrons. The molecule has 2 N–H and O–H groups in total. The zero-order valence-corrected chi connectivity index (χ0v) is 16.9. The van der Waals surface area contributed by atoms with Gasteiger partial charge in [0.2, 0.25) is 0 Å². The summed E-state index contributed by atoms with van der Waals surface area (Å²) in [5.41, 5.74) is 4.22. The van der Waals surface area contributed by atoms with Crippen LogP contribution in [0, 0.1) is 0 Å². The number of likely N-dealkylation sites (N-methyl/N-ethyl adjacent to an activating group) is 1. The minimum Gasteiger partial charge on any atom is -0.318 e. The van der Waals surface area contributed by atoms with E-state index in [9.17, 15) is 14.4 Å². The lowest BCUT2D eigenvalue weighted by Crippen LogP contribution is -2.50. The Hall–Kier alpha value is -3.19. The lowest BCUT2D eigenvalue weighted by Gasteiger charge is -2.22. The lowest BCUT2D eigenvalue weighted by molar-refractivity contribution is -0.139. The predicted octanol–water partition coefficient (Wildman–Crippen LogP) is 2.18. The molecule has 1 aliphatic heterocycles. The summed E-state index contributed by atoms with van der Waals surface area (Å²) in [4.78, 5) is 39.4. The van der Waals surface area contributed by atoms with Crippen LogP contribution in [-0.2, 0) is 28.1 Å². The normalized spacial score (nSPS) is 18.8. The van der Waals surface area contributed by atoms with E-state index in [2.05, 4.69) is 29.8 Å². The maximum atomic E-state index is 12.8. The Labute approximate surface area is 170 Å². The highest BCUT2D eigenvalue weighted by Gasteiger charge is 2.49. The first kappa shape index (κ1) is 20.5. The summed E-state index contributed by atoms with van der Waals surface area (Å²) >= 11 is 0. The van der Waals surface area contributed by atoms with Crippen molar-refractivity contribution in [2.24, 2.45) is 0 Å². The first-order valence-corrected chi connectivity index (χ1v) is 9.61. The number of hydrogen-bond donors (Lipinski definition) is 2. The highest BCUT2D eigenvalue weighted by atomic mass is 16.2. The van der Waals surface area contributed by atoms with Crippen molar-refractivity contribution in [2.45, 2.75) is 32.4 Å². The minimum atomic E-state index is -1.21. The third kappa shape index (κ3) is 4.46. The van der Waals surface area contributed by atoms with Gasteiger partial charge >= 0.3 is 6.03 Å². The summed E-state index contributed by atoms with van der Waals surface area (Å²) in [5.74, 6) is -0.946. The van der Waals surface area contributed by atoms with Crippen LogP contribution in [0.5, 0.6) is 0 Å². The van der Waals surface area contributed by atoms with Gasteiger partial charge in [-0.25, -0.2) is 4.79 Å². The molecule has 0 aromatic heterocycles. The Bertz CT molecular complexity index is 898. The predicted molar refractivity (Wildman–Crippen MR) is 109 cm³/mol. The molecule has 3 rings (SSSR count). The molecule has 7 nitrogen and oxygen atoms in total. The Balaban J connectivity index is 1.59. The smallest absolute Gasteiger partial charge is 0.318 e. The largest absolute Gasteiger partial charge is 0.344 e. The highest BCUT2D eigenvalue weighted by molar-refractivity contribution is 6.08. The Morgan fingerprint density at radius 1 is 1.07 bits per heavy atom. The van der Waals surface area contributed by atoms with E-state index in [0.717, 1.165) is 17.0 Å². The first-order valence-electron chi connectivity index (χ1n) is 9.61. The fraction of sp³-hybridized carbons (Fsp3) is 0.318. The van der Waals surface area contributed by atoms with E-state index in [1.807, 2.05) is 30.1 Å². The molecule has 2 aromatic carbocycles. The van der Waals surface area contributed by atoms with Gasteiger partial charge in [-0.15, -0.1) is 0 Å². The average Bonchev–Trinajstić information content (AvgIpc) is 2.93. The zero-order valence-electron chi connectivity index (χ0n) is 16.9. The summed E-state index contributed by atoms with van der Waals surface area (Å²) in [7, 11) is 1.81. The number of benzene rings is 2. The van der Waals surface area contributed by atoms with Crippen LogP contribution in [-0.4, -0.2) is 41.3 Å². The number of nitrogens with one attached hydrogen (secondary N) is 2. The number of hydrazine groups is 1. The quantitative estimate of drug-likeness (QED) is 0.706. The summed E-state index contributed by atoms with van der Waals surface area (Å²) in [6.07, 6.45) is 0.979. The van der Waals surface area contributed by atoms with E-state index >= 15 is 0 Å². The molecule has 0 spiro atoms. The molecule has 0 unspecified atom stereocenters. The molecular formula is C22H26N4O3. The van der Waals surface area contributed by atoms with Crippen molar-refractivity contribution in [3.63, 3.8) is 0 Å². The van der Waals surface area contributed by atoms with E-state index < -0.39 is 23.4 Å². The second-order valence-electron chi connectivity index (χ2n) is 7.44. The van der Waals surface area contributed by atoms with Gasteiger partial charge in [0.25, 0.3) is 11.8 Å². The molecule has 1 atom stereocenters. The standard InChI is InChI=1S/C22H26N4O3/c1-4-16-10-12-17(13-11-16)14-25(3)15-19(27)24-26-20(28)22(2,23-21(26)29)18-8-6-5-7-9-18/h5-13H,4,14-15H2,1-3H3,(H,23,29)(H,24,27)/t22-/m1/s1. The van der Waals surface area contributed by atoms with Crippen LogP contribution in [0.1, 0.15) is 30.5 Å². The number of carbonyl (C=O) groups excluding carboxylic acids is 3. The maximum absolute atomic E-state index is 12.8. The van der Waals surface area contributed by atoms with Gasteiger partial charge in [0.05, 0.1) is 6.54 Å². The minimum absolute atomic E-state index is 0.0502. The average molecular weight is 394 g/mol. The van der Waals surface area contributed by atoms with Crippen LogP contribution < -0.4 is 10.7 Å². The third-order valence-corrected chi connectivity index (χ3v) is 5.08. The second-order valence-corrected chi connectivity index (χ2v) is 7.44. The first-order chi connectivity index (χ1) is 13.8. The number of rotatable bonds is 7. The fourth-order valence-corrected chi connectivity index (χ4v) is 3.36. The molecule has 0 saturated carbocycles. The van der Waals surface area contributed by atoms with Crippen molar-refractivity contribution >= 4 is 17.8 Å². The molecule has 1 fully saturated rings. The molecule has 152 valence electrons. The van der Waals surface area contributed by atoms with Crippen LogP contribution in [0.4, 0.5) is 4.79 Å². The van der Waals surface area contributed by atoms with Crippen molar-refractivity contribution in [3.8, 4) is 0 Å². The number of amides is 4. The fourth-order valence-electron chi connectivity index (χ4n) is 3.36. The summed E-state index contributed by atoms with van der Waals surface area (Å²) in [6, 6.07) is 16.5. The SMILES string of the molecule is CCc1ccc(CN(C)CC(=O)NN2C(=O)N[C@](C)(c3ccccc3)C2=O)cc1. The number of carbonyl (C=O) groups is 3. The van der Waals surface area contributed by atoms with E-state index in [-0.39, 0.29) is 6.54 Å². The van der Waals surface area contributed by atoms with Gasteiger partial charge in [-0.1, -0.05) is 61.5 Å². The molecule has 7 heteroatoms. The number of aryl methyl sites for hydroxylation is 1. The zero-order chi connectivity index (χ0) is 21.0. The van der Waals surface area contributed by atoms with Gasteiger partial charge in [-0.3, -0.25) is 19.9 Å². The van der Waals surface area contributed by atoms with Gasteiger partial charge in [-0.2, -0.15) is 5.01 Å². The molecule has 1 saturated heterocycles. The molecule has 2 aromatic rings. The topological polar surface area (TPSA) is 81.8 Å². The summed E-state index contributed by atoms with van der Waals surface area (Å²) < 4.78 is 0. The molecule has 1 aliphatic rings. The number of imide groups is 1. The Morgan fingerprint density at radius 2 is 1.69 bits per heavy atom. The van der Waals surface area contributed by atoms with E-state index in [4.69, 9.17) is 0 Å². The molecule has 0 bridgehead atoms. The Morgan fingerprint density at radius 3 is 2.31 bits per heavy atom. The number of urea groups is 1. The Kier molecular flexibility index (Phi) is 5.98. The van der Waals surface area contributed by atoms with Crippen LogP contribution in [0.25, 0.3) is 0 Å². The molecule has 4 amide bonds. The maximum Gasteiger partial charge on any atom is 0.344 e. The molecular weight excluding hydrogens is 368 g/mol. The van der Waals surface area contributed by atoms with Crippen molar-refractivity contribution in [1.29, 1.82) is 0 Å². The van der Waals surface area contributed by atoms with Crippen LogP contribution in [0.3, 0.4) is 0 Å². The van der Waals surface area contributed by atoms with Gasteiger partial charge < -0.3 is 5.32 Å². The number of nitrogens with zero attached hydrogens (tertiary/aromatic N) is 2. The van der Waals surface area contributed by atoms with Gasteiger partial charge in [-0.05, 0) is 37.1 Å².